The van der Waals surface area contributed by atoms with Crippen LogP contribution in [0.15, 0.2) is 24.3 Å². The first-order chi connectivity index (χ1) is 7.25. The van der Waals surface area contributed by atoms with Gasteiger partial charge in [0, 0.05) is 18.7 Å². The Morgan fingerprint density at radius 1 is 1.40 bits per heavy atom. The zero-order chi connectivity index (χ0) is 10.7. The number of primary amides is 1. The minimum absolute atomic E-state index is 0.334. The molecule has 0 aliphatic carbocycles. The Labute approximate surface area is 88.4 Å². The lowest BCUT2D eigenvalue weighted by atomic mass is 10.1. The van der Waals surface area contributed by atoms with Gasteiger partial charge in [-0.25, -0.2) is 0 Å². The number of amides is 1. The van der Waals surface area contributed by atoms with Gasteiger partial charge < -0.3 is 15.8 Å². The average molecular weight is 206 g/mol. The fourth-order valence-electron chi connectivity index (χ4n) is 1.36. The van der Waals surface area contributed by atoms with E-state index < -0.39 is 5.91 Å². The van der Waals surface area contributed by atoms with Crippen LogP contribution in [0.1, 0.15) is 15.9 Å². The first kappa shape index (κ1) is 10.1. The van der Waals surface area contributed by atoms with Crippen LogP contribution in [0, 0.1) is 0 Å². The van der Waals surface area contributed by atoms with Crippen LogP contribution in [-0.4, -0.2) is 25.1 Å². The maximum absolute atomic E-state index is 10.8. The van der Waals surface area contributed by atoms with Crippen LogP contribution in [0.5, 0.6) is 0 Å². The van der Waals surface area contributed by atoms with E-state index in [9.17, 15) is 4.79 Å². The van der Waals surface area contributed by atoms with Crippen molar-refractivity contribution < 1.29 is 9.53 Å². The highest BCUT2D eigenvalue weighted by molar-refractivity contribution is 5.92. The smallest absolute Gasteiger partial charge is 0.248 e. The van der Waals surface area contributed by atoms with Crippen molar-refractivity contribution in [3.05, 3.63) is 35.4 Å². The second-order valence-corrected chi connectivity index (χ2v) is 3.65. The van der Waals surface area contributed by atoms with Crippen LogP contribution in [-0.2, 0) is 11.3 Å². The van der Waals surface area contributed by atoms with E-state index in [1.807, 2.05) is 12.1 Å². The number of hydrogen-bond acceptors (Lipinski definition) is 3. The fourth-order valence-corrected chi connectivity index (χ4v) is 1.36. The van der Waals surface area contributed by atoms with Crippen molar-refractivity contribution in [3.63, 3.8) is 0 Å². The van der Waals surface area contributed by atoms with Crippen molar-refractivity contribution in [3.8, 4) is 0 Å². The van der Waals surface area contributed by atoms with Crippen molar-refractivity contribution in [1.29, 1.82) is 0 Å². The number of rotatable bonds is 4. The Kier molecular flexibility index (Phi) is 2.99. The van der Waals surface area contributed by atoms with Crippen LogP contribution in [0.2, 0.25) is 0 Å². The number of hydrogen-bond donors (Lipinski definition) is 2. The van der Waals surface area contributed by atoms with E-state index in [0.29, 0.717) is 18.3 Å². The number of carbonyl (C=O) groups excluding carboxylic acids is 1. The average Bonchev–Trinajstić information content (AvgIpc) is 2.16. The fraction of sp³-hybridized carbons (Fsp3) is 0.364. The van der Waals surface area contributed by atoms with Gasteiger partial charge in [-0.15, -0.1) is 0 Å². The van der Waals surface area contributed by atoms with Crippen molar-refractivity contribution in [2.45, 2.75) is 12.7 Å². The molecule has 1 amide bonds. The maximum Gasteiger partial charge on any atom is 0.248 e. The van der Waals surface area contributed by atoms with Gasteiger partial charge >= 0.3 is 0 Å². The summed E-state index contributed by atoms with van der Waals surface area (Å²) in [6.07, 6.45) is 0.334. The molecule has 1 aromatic carbocycles. The third-order valence-corrected chi connectivity index (χ3v) is 2.47. The molecule has 0 radical (unpaired) electrons. The molecule has 0 aromatic heterocycles. The van der Waals surface area contributed by atoms with Gasteiger partial charge in [0.05, 0.1) is 12.7 Å². The van der Waals surface area contributed by atoms with Crippen LogP contribution in [0.3, 0.4) is 0 Å². The van der Waals surface area contributed by atoms with Crippen LogP contribution in [0.25, 0.3) is 0 Å². The molecule has 1 heterocycles. The molecule has 4 heteroatoms. The maximum atomic E-state index is 10.8. The van der Waals surface area contributed by atoms with E-state index in [-0.39, 0.29) is 0 Å². The SMILES string of the molecule is NC(=O)c1ccc(COC2CNC2)cc1. The highest BCUT2D eigenvalue weighted by Gasteiger charge is 2.16. The van der Waals surface area contributed by atoms with Gasteiger partial charge in [0.25, 0.3) is 0 Å². The Hall–Kier alpha value is -1.39. The lowest BCUT2D eigenvalue weighted by molar-refractivity contribution is 0.00758. The zero-order valence-electron chi connectivity index (χ0n) is 8.40. The van der Waals surface area contributed by atoms with Crippen LogP contribution >= 0.6 is 0 Å². The van der Waals surface area contributed by atoms with E-state index in [1.54, 1.807) is 12.1 Å². The molecule has 80 valence electrons. The highest BCUT2D eigenvalue weighted by Crippen LogP contribution is 2.08. The predicted molar refractivity (Wildman–Crippen MR) is 56.4 cm³/mol. The molecule has 1 aliphatic heterocycles. The summed E-state index contributed by atoms with van der Waals surface area (Å²) in [5, 5.41) is 3.14. The minimum atomic E-state index is -0.398. The molecule has 0 unspecified atom stereocenters. The summed E-state index contributed by atoms with van der Waals surface area (Å²) in [7, 11) is 0. The quantitative estimate of drug-likeness (QED) is 0.743. The lowest BCUT2D eigenvalue weighted by Gasteiger charge is -2.27. The molecule has 0 saturated carbocycles. The van der Waals surface area contributed by atoms with Crippen molar-refractivity contribution in [1.82, 2.24) is 5.32 Å². The molecule has 15 heavy (non-hydrogen) atoms. The van der Waals surface area contributed by atoms with Gasteiger partial charge in [-0.3, -0.25) is 4.79 Å². The Morgan fingerprint density at radius 3 is 2.53 bits per heavy atom. The van der Waals surface area contributed by atoms with E-state index in [1.165, 1.54) is 0 Å². The number of carbonyl (C=O) groups is 1. The molecule has 0 bridgehead atoms. The Morgan fingerprint density at radius 2 is 2.07 bits per heavy atom. The van der Waals surface area contributed by atoms with Crippen molar-refractivity contribution in [2.24, 2.45) is 5.73 Å². The third kappa shape index (κ3) is 2.55. The largest absolute Gasteiger partial charge is 0.371 e. The molecule has 0 atom stereocenters. The second kappa shape index (κ2) is 4.42. The molecule has 3 N–H and O–H groups in total. The topological polar surface area (TPSA) is 64.4 Å². The van der Waals surface area contributed by atoms with E-state index in [2.05, 4.69) is 5.32 Å². The number of benzene rings is 1. The second-order valence-electron chi connectivity index (χ2n) is 3.65. The molecular formula is C11H14N2O2. The van der Waals surface area contributed by atoms with E-state index in [4.69, 9.17) is 10.5 Å². The Balaban J connectivity index is 1.88. The van der Waals surface area contributed by atoms with Crippen molar-refractivity contribution in [2.75, 3.05) is 13.1 Å². The van der Waals surface area contributed by atoms with Gasteiger partial charge in [-0.2, -0.15) is 0 Å². The molecule has 1 saturated heterocycles. The standard InChI is InChI=1S/C11H14N2O2/c12-11(14)9-3-1-8(2-4-9)7-15-10-5-13-6-10/h1-4,10,13H,5-7H2,(H2,12,14). The summed E-state index contributed by atoms with van der Waals surface area (Å²) in [6.45, 7) is 2.45. The van der Waals surface area contributed by atoms with Gasteiger partial charge in [-0.05, 0) is 17.7 Å². The lowest BCUT2D eigenvalue weighted by Crippen LogP contribution is -2.48. The summed E-state index contributed by atoms with van der Waals surface area (Å²) in [4.78, 5) is 10.8. The number of nitrogens with one attached hydrogen (secondary N) is 1. The summed E-state index contributed by atoms with van der Waals surface area (Å²) in [5.41, 5.74) is 6.73. The minimum Gasteiger partial charge on any atom is -0.371 e. The monoisotopic (exact) mass is 206 g/mol. The van der Waals surface area contributed by atoms with Crippen LogP contribution in [0.4, 0.5) is 0 Å². The molecular weight excluding hydrogens is 192 g/mol. The molecule has 0 spiro atoms. The van der Waals surface area contributed by atoms with E-state index in [0.717, 1.165) is 18.7 Å². The Bertz CT molecular complexity index is 344. The van der Waals surface area contributed by atoms with Gasteiger partial charge in [0.15, 0.2) is 0 Å². The molecule has 1 aromatic rings. The summed E-state index contributed by atoms with van der Waals surface area (Å²) >= 11 is 0. The predicted octanol–water partition coefficient (Wildman–Crippen LogP) is 0.274. The number of ether oxygens (including phenoxy) is 1. The van der Waals surface area contributed by atoms with E-state index >= 15 is 0 Å². The van der Waals surface area contributed by atoms with Gasteiger partial charge in [0.2, 0.25) is 5.91 Å². The van der Waals surface area contributed by atoms with Crippen molar-refractivity contribution >= 4 is 5.91 Å². The number of nitrogens with two attached hydrogens (primary N) is 1. The molecule has 2 rings (SSSR count). The molecule has 1 fully saturated rings. The summed E-state index contributed by atoms with van der Waals surface area (Å²) in [6, 6.07) is 7.18. The van der Waals surface area contributed by atoms with Crippen LogP contribution < -0.4 is 11.1 Å². The molecule has 1 aliphatic rings. The summed E-state index contributed by atoms with van der Waals surface area (Å²) < 4.78 is 5.59. The third-order valence-electron chi connectivity index (χ3n) is 2.47. The van der Waals surface area contributed by atoms with Gasteiger partial charge in [0.1, 0.15) is 0 Å². The van der Waals surface area contributed by atoms with Gasteiger partial charge in [-0.1, -0.05) is 12.1 Å². The first-order valence-corrected chi connectivity index (χ1v) is 4.97. The zero-order valence-corrected chi connectivity index (χ0v) is 8.40. The normalized spacial score (nSPS) is 16.0. The first-order valence-electron chi connectivity index (χ1n) is 4.97. The summed E-state index contributed by atoms with van der Waals surface area (Å²) in [5.74, 6) is -0.398. The molecule has 4 nitrogen and oxygen atoms in total. The highest BCUT2D eigenvalue weighted by atomic mass is 16.5.